The van der Waals surface area contributed by atoms with Crippen molar-refractivity contribution in [2.45, 2.75) is 0 Å². The lowest BCUT2D eigenvalue weighted by atomic mass is 10.0. The Morgan fingerprint density at radius 1 is 0.816 bits per heavy atom. The van der Waals surface area contributed by atoms with E-state index in [-0.39, 0.29) is 11.6 Å². The fourth-order valence-electron chi connectivity index (χ4n) is 4.42. The molecule has 186 valence electrons. The van der Waals surface area contributed by atoms with E-state index in [9.17, 15) is 9.50 Å². The third kappa shape index (κ3) is 5.22. The van der Waals surface area contributed by atoms with Crippen molar-refractivity contribution in [2.24, 2.45) is 0 Å². The van der Waals surface area contributed by atoms with E-state index in [1.165, 1.54) is 49.2 Å². The van der Waals surface area contributed by atoms with Crippen molar-refractivity contribution in [3.63, 3.8) is 0 Å². The van der Waals surface area contributed by atoms with Gasteiger partial charge >= 0.3 is 0 Å². The van der Waals surface area contributed by atoms with Crippen molar-refractivity contribution >= 4 is 54.0 Å². The highest BCUT2D eigenvalue weighted by molar-refractivity contribution is 7.26. The second-order valence-corrected chi connectivity index (χ2v) is 9.83. The molecule has 38 heavy (non-hydrogen) atoms. The quantitative estimate of drug-likeness (QED) is 0.139. The number of aromatic hydroxyl groups is 1. The number of hydrogen-bond acceptors (Lipinski definition) is 3. The molecule has 3 N–H and O–H groups in total. The molecule has 0 fully saturated rings. The molecule has 0 spiro atoms. The highest BCUT2D eigenvalue weighted by Gasteiger charge is 2.09. The van der Waals surface area contributed by atoms with Crippen LogP contribution in [0.3, 0.4) is 0 Å². The highest BCUT2D eigenvalue weighted by Crippen LogP contribution is 2.39. The van der Waals surface area contributed by atoms with E-state index in [4.69, 9.17) is 5.73 Å². The number of allylic oxidation sites excluding steroid dienone is 4. The number of nitrogen functional groups attached to an aromatic ring is 1. The van der Waals surface area contributed by atoms with Crippen LogP contribution in [0.4, 0.5) is 10.1 Å². The number of rotatable bonds is 4. The van der Waals surface area contributed by atoms with Crippen molar-refractivity contribution < 1.29 is 9.50 Å². The Labute approximate surface area is 225 Å². The normalized spacial score (nSPS) is 11.7. The van der Waals surface area contributed by atoms with E-state index >= 15 is 0 Å². The Morgan fingerprint density at radius 2 is 1.61 bits per heavy atom. The van der Waals surface area contributed by atoms with Gasteiger partial charge in [-0.3, -0.25) is 0 Å². The third-order valence-corrected chi connectivity index (χ3v) is 7.37. The summed E-state index contributed by atoms with van der Waals surface area (Å²) in [5.74, 6) is -0.147. The van der Waals surface area contributed by atoms with Gasteiger partial charge in [-0.2, -0.15) is 0 Å². The fraction of sp³-hybridized carbons (Fsp3) is 0. The van der Waals surface area contributed by atoms with Crippen LogP contribution in [-0.4, -0.2) is 5.11 Å². The Balaban J connectivity index is 0.000000179. The van der Waals surface area contributed by atoms with E-state index < -0.39 is 0 Å². The highest BCUT2D eigenvalue weighted by atomic mass is 32.1. The van der Waals surface area contributed by atoms with Crippen LogP contribution in [0.15, 0.2) is 134 Å². The largest absolute Gasteiger partial charge is 0.505 e. The summed E-state index contributed by atoms with van der Waals surface area (Å²) in [6.07, 6.45) is 6.05. The second kappa shape index (κ2) is 11.2. The predicted molar refractivity (Wildman–Crippen MR) is 163 cm³/mol. The molecule has 1 aromatic heterocycles. The number of phenols is 1. The maximum Gasteiger partial charge on any atom is 0.146 e. The van der Waals surface area contributed by atoms with Crippen LogP contribution in [0.1, 0.15) is 5.56 Å². The molecule has 0 atom stereocenters. The van der Waals surface area contributed by atoms with Crippen molar-refractivity contribution in [2.75, 3.05) is 5.73 Å². The van der Waals surface area contributed by atoms with Gasteiger partial charge < -0.3 is 10.8 Å². The van der Waals surface area contributed by atoms with Gasteiger partial charge in [0.05, 0.1) is 5.69 Å². The van der Waals surface area contributed by atoms with E-state index in [1.807, 2.05) is 48.5 Å². The number of thiophene rings is 1. The Kier molecular flexibility index (Phi) is 7.34. The van der Waals surface area contributed by atoms with E-state index in [1.54, 1.807) is 23.5 Å². The average Bonchev–Trinajstić information content (AvgIpc) is 3.33. The van der Waals surface area contributed by atoms with E-state index in [2.05, 4.69) is 55.1 Å². The molecule has 0 saturated carbocycles. The third-order valence-electron chi connectivity index (χ3n) is 6.25. The molecule has 0 aliphatic carbocycles. The Bertz CT molecular complexity index is 1820. The maximum atomic E-state index is 13.5. The monoisotopic (exact) mass is 515 g/mol. The van der Waals surface area contributed by atoms with E-state index in [0.29, 0.717) is 5.69 Å². The van der Waals surface area contributed by atoms with Gasteiger partial charge in [-0.05, 0) is 52.3 Å². The summed E-state index contributed by atoms with van der Waals surface area (Å²) in [6, 6.07) is 34.1. The fourth-order valence-corrected chi connectivity index (χ4v) is 5.59. The lowest BCUT2D eigenvalue weighted by Gasteiger charge is -2.06. The standard InChI is InChI=1S/C22H15FS.C12H11NO/c1-2-5-17(23)11-8-15-9-12-19-21(14-15)24-20-13-10-16-6-3-4-7-18(16)22(19)20;13-11-8-4-7-10(12(11)14)9-5-2-1-3-6-9/h2-14H,1H2;1-8,14H,13H2/b11-8-,17-5+;. The van der Waals surface area contributed by atoms with Crippen LogP contribution >= 0.6 is 11.3 Å². The number of halogens is 1. The number of anilines is 1. The molecule has 0 unspecified atom stereocenters. The molecule has 0 radical (unpaired) electrons. The van der Waals surface area contributed by atoms with Crippen LogP contribution in [0.25, 0.3) is 48.1 Å². The van der Waals surface area contributed by atoms with Gasteiger partial charge in [0, 0.05) is 25.7 Å². The summed E-state index contributed by atoms with van der Waals surface area (Å²) in [5.41, 5.74) is 8.75. The van der Waals surface area contributed by atoms with E-state index in [0.717, 1.165) is 16.7 Å². The summed E-state index contributed by atoms with van der Waals surface area (Å²) in [6.45, 7) is 3.50. The van der Waals surface area contributed by atoms with Gasteiger partial charge in [-0.1, -0.05) is 104 Å². The van der Waals surface area contributed by atoms with Crippen LogP contribution in [0, 0.1) is 0 Å². The van der Waals surface area contributed by atoms with Gasteiger partial charge in [0.1, 0.15) is 11.6 Å². The molecule has 6 rings (SSSR count). The number of para-hydroxylation sites is 1. The number of phenolic OH excluding ortho intramolecular Hbond substituents is 1. The zero-order valence-electron chi connectivity index (χ0n) is 20.6. The lowest BCUT2D eigenvalue weighted by Crippen LogP contribution is -1.87. The van der Waals surface area contributed by atoms with Gasteiger partial charge in [0.2, 0.25) is 0 Å². The molecule has 1 heterocycles. The molecule has 0 saturated heterocycles. The van der Waals surface area contributed by atoms with Crippen LogP contribution < -0.4 is 5.73 Å². The zero-order valence-corrected chi connectivity index (χ0v) is 21.5. The summed E-state index contributed by atoms with van der Waals surface area (Å²) >= 11 is 1.78. The first-order valence-electron chi connectivity index (χ1n) is 12.2. The summed E-state index contributed by atoms with van der Waals surface area (Å²) < 4.78 is 15.9. The van der Waals surface area contributed by atoms with Crippen LogP contribution in [0.2, 0.25) is 0 Å². The molecular formula is C34H26FNOS. The first-order valence-corrected chi connectivity index (χ1v) is 13.0. The van der Waals surface area contributed by atoms with Gasteiger partial charge in [-0.25, -0.2) is 4.39 Å². The number of benzene rings is 5. The van der Waals surface area contributed by atoms with Crippen molar-refractivity contribution in [3.8, 4) is 16.9 Å². The smallest absolute Gasteiger partial charge is 0.146 e. The average molecular weight is 516 g/mol. The van der Waals surface area contributed by atoms with Crippen LogP contribution in [-0.2, 0) is 0 Å². The Morgan fingerprint density at radius 3 is 2.42 bits per heavy atom. The first-order chi connectivity index (χ1) is 18.5. The minimum absolute atomic E-state index is 0.152. The van der Waals surface area contributed by atoms with Crippen molar-refractivity contribution in [1.82, 2.24) is 0 Å². The molecular weight excluding hydrogens is 489 g/mol. The second-order valence-electron chi connectivity index (χ2n) is 8.75. The van der Waals surface area contributed by atoms with Gasteiger partial charge in [-0.15, -0.1) is 11.3 Å². The van der Waals surface area contributed by atoms with Gasteiger partial charge in [0.25, 0.3) is 0 Å². The summed E-state index contributed by atoms with van der Waals surface area (Å²) in [7, 11) is 0. The number of nitrogens with two attached hydrogens (primary N) is 1. The number of fused-ring (bicyclic) bond motifs is 5. The van der Waals surface area contributed by atoms with Crippen LogP contribution in [0.5, 0.6) is 5.75 Å². The van der Waals surface area contributed by atoms with Crippen molar-refractivity contribution in [1.29, 1.82) is 0 Å². The molecule has 4 heteroatoms. The van der Waals surface area contributed by atoms with Crippen molar-refractivity contribution in [3.05, 3.63) is 139 Å². The maximum absolute atomic E-state index is 13.5. The number of hydrogen-bond donors (Lipinski definition) is 2. The molecule has 0 amide bonds. The van der Waals surface area contributed by atoms with Gasteiger partial charge in [0.15, 0.2) is 0 Å². The minimum Gasteiger partial charge on any atom is -0.505 e. The zero-order chi connectivity index (χ0) is 26.5. The molecule has 2 nitrogen and oxygen atoms in total. The minimum atomic E-state index is -0.299. The first kappa shape index (κ1) is 25.0. The predicted octanol–water partition coefficient (Wildman–Crippen LogP) is 9.90. The molecule has 6 aromatic rings. The molecule has 0 bridgehead atoms. The summed E-state index contributed by atoms with van der Waals surface area (Å²) in [5, 5.41) is 14.8. The Hall–Kier alpha value is -4.67. The topological polar surface area (TPSA) is 46.2 Å². The molecule has 0 aliphatic heterocycles. The molecule has 0 aliphatic rings. The lowest BCUT2D eigenvalue weighted by molar-refractivity contribution is 0.480. The molecule has 5 aromatic carbocycles. The summed E-state index contributed by atoms with van der Waals surface area (Å²) in [4.78, 5) is 0. The SMILES string of the molecule is C=C/C=C(F)\C=C/c1ccc2c(c1)sc1ccc3ccccc3c12.Nc1cccc(-c2ccccc2)c1O.